The summed E-state index contributed by atoms with van der Waals surface area (Å²) in [5, 5.41) is 6.59. The lowest BCUT2D eigenvalue weighted by molar-refractivity contribution is 0.0547. The maximum absolute atomic E-state index is 5.61. The standard InChI is InChI=1S/C29H50N6O5/c1-5-6-7-8-9-10-11-12-13-26-33-28(31-15-17-40-19-18-39-16-14-30)35-29(34-26)32-22-23-20-24(36-2)27(38-4)25(21-23)37-3/h20-21H,5-19,22,30H2,1-4H3,(H2,31,32,33,34,35). The van der Waals surface area contributed by atoms with E-state index < -0.39 is 0 Å². The van der Waals surface area contributed by atoms with Crippen molar-refractivity contribution in [2.45, 2.75) is 71.3 Å². The highest BCUT2D eigenvalue weighted by Crippen LogP contribution is 2.38. The molecule has 0 aliphatic rings. The van der Waals surface area contributed by atoms with E-state index in [1.54, 1.807) is 21.3 Å². The van der Waals surface area contributed by atoms with Crippen molar-refractivity contribution in [3.05, 3.63) is 23.5 Å². The summed E-state index contributed by atoms with van der Waals surface area (Å²) in [6, 6.07) is 3.81. The number of aromatic nitrogens is 3. The molecule has 4 N–H and O–H groups in total. The number of nitrogens with two attached hydrogens (primary N) is 1. The summed E-state index contributed by atoms with van der Waals surface area (Å²) in [5.74, 6) is 3.56. The average molecular weight is 563 g/mol. The van der Waals surface area contributed by atoms with Crippen LogP contribution in [0.3, 0.4) is 0 Å². The Bertz CT molecular complexity index is 886. The van der Waals surface area contributed by atoms with Crippen LogP contribution in [0.4, 0.5) is 11.9 Å². The first-order valence-corrected chi connectivity index (χ1v) is 14.5. The summed E-state index contributed by atoms with van der Waals surface area (Å²) in [7, 11) is 4.80. The third-order valence-corrected chi connectivity index (χ3v) is 6.27. The van der Waals surface area contributed by atoms with Gasteiger partial charge in [-0.3, -0.25) is 0 Å². The van der Waals surface area contributed by atoms with Crippen molar-refractivity contribution in [3.63, 3.8) is 0 Å². The Morgan fingerprint density at radius 1 is 0.700 bits per heavy atom. The van der Waals surface area contributed by atoms with Gasteiger partial charge in [0.1, 0.15) is 5.82 Å². The van der Waals surface area contributed by atoms with Crippen LogP contribution in [-0.4, -0.2) is 75.8 Å². The van der Waals surface area contributed by atoms with Gasteiger partial charge in [0.15, 0.2) is 11.5 Å². The highest BCUT2D eigenvalue weighted by Gasteiger charge is 2.14. The number of anilines is 2. The van der Waals surface area contributed by atoms with Gasteiger partial charge in [0.2, 0.25) is 17.6 Å². The van der Waals surface area contributed by atoms with Crippen molar-refractivity contribution in [3.8, 4) is 17.2 Å². The van der Waals surface area contributed by atoms with Crippen molar-refractivity contribution in [1.82, 2.24) is 15.0 Å². The molecule has 0 aliphatic carbocycles. The molecular weight excluding hydrogens is 512 g/mol. The third kappa shape index (κ3) is 13.0. The number of ether oxygens (including phenoxy) is 5. The van der Waals surface area contributed by atoms with E-state index in [9.17, 15) is 0 Å². The number of nitrogens with one attached hydrogen (secondary N) is 2. The lowest BCUT2D eigenvalue weighted by atomic mass is 10.1. The third-order valence-electron chi connectivity index (χ3n) is 6.27. The van der Waals surface area contributed by atoms with Crippen LogP contribution in [0.1, 0.15) is 69.7 Å². The van der Waals surface area contributed by atoms with Crippen LogP contribution in [0.25, 0.3) is 0 Å². The number of methoxy groups -OCH3 is 3. The molecular formula is C29H50N6O5. The van der Waals surface area contributed by atoms with Gasteiger partial charge in [-0.2, -0.15) is 15.0 Å². The molecule has 226 valence electrons. The Kier molecular flexibility index (Phi) is 17.4. The van der Waals surface area contributed by atoms with Gasteiger partial charge in [-0.05, 0) is 24.1 Å². The summed E-state index contributed by atoms with van der Waals surface area (Å²) in [5.41, 5.74) is 6.37. The number of hydrogen-bond acceptors (Lipinski definition) is 11. The van der Waals surface area contributed by atoms with Crippen molar-refractivity contribution < 1.29 is 23.7 Å². The van der Waals surface area contributed by atoms with E-state index in [4.69, 9.17) is 34.4 Å². The van der Waals surface area contributed by atoms with Crippen LogP contribution in [-0.2, 0) is 22.4 Å². The Labute approximate surface area is 239 Å². The number of unbranched alkanes of at least 4 members (excludes halogenated alkanes) is 7. The monoisotopic (exact) mass is 562 g/mol. The van der Waals surface area contributed by atoms with Crippen LogP contribution in [0.5, 0.6) is 17.2 Å². The average Bonchev–Trinajstić information content (AvgIpc) is 2.98. The minimum Gasteiger partial charge on any atom is -0.493 e. The smallest absolute Gasteiger partial charge is 0.228 e. The Hall–Kier alpha value is -2.89. The van der Waals surface area contributed by atoms with Gasteiger partial charge in [-0.1, -0.05) is 51.9 Å². The van der Waals surface area contributed by atoms with Crippen LogP contribution < -0.4 is 30.6 Å². The summed E-state index contributed by atoms with van der Waals surface area (Å²) in [6.07, 6.45) is 10.8. The molecule has 0 unspecified atom stereocenters. The first kappa shape index (κ1) is 33.3. The first-order chi connectivity index (χ1) is 19.6. The van der Waals surface area contributed by atoms with Crippen LogP contribution in [0.15, 0.2) is 12.1 Å². The van der Waals surface area contributed by atoms with Gasteiger partial charge >= 0.3 is 0 Å². The molecule has 0 amide bonds. The maximum atomic E-state index is 5.61. The fourth-order valence-corrected chi connectivity index (χ4v) is 4.17. The largest absolute Gasteiger partial charge is 0.493 e. The zero-order chi connectivity index (χ0) is 28.8. The van der Waals surface area contributed by atoms with Gasteiger partial charge in [-0.25, -0.2) is 0 Å². The molecule has 0 radical (unpaired) electrons. The van der Waals surface area contributed by atoms with Crippen molar-refractivity contribution in [2.24, 2.45) is 5.73 Å². The summed E-state index contributed by atoms with van der Waals surface area (Å²) in [4.78, 5) is 13.9. The van der Waals surface area contributed by atoms with E-state index in [0.717, 1.165) is 24.2 Å². The summed E-state index contributed by atoms with van der Waals surface area (Å²) in [6.45, 7) is 5.91. The van der Waals surface area contributed by atoms with Crippen molar-refractivity contribution in [2.75, 3.05) is 71.5 Å². The molecule has 40 heavy (non-hydrogen) atoms. The topological polar surface area (TPSA) is 135 Å². The molecule has 0 atom stereocenters. The zero-order valence-electron chi connectivity index (χ0n) is 24.9. The number of aryl methyl sites for hydroxylation is 1. The van der Waals surface area contributed by atoms with E-state index >= 15 is 0 Å². The second kappa shape index (κ2) is 20.9. The maximum Gasteiger partial charge on any atom is 0.228 e. The SMILES string of the molecule is CCCCCCCCCCc1nc(NCCOCCOCCN)nc(NCc2cc(OC)c(OC)c(OC)c2)n1. The quantitative estimate of drug-likeness (QED) is 0.155. The molecule has 0 saturated carbocycles. The molecule has 2 aromatic rings. The molecule has 11 heteroatoms. The highest BCUT2D eigenvalue weighted by atomic mass is 16.5. The Morgan fingerprint density at radius 3 is 1.90 bits per heavy atom. The van der Waals surface area contributed by atoms with Gasteiger partial charge in [-0.15, -0.1) is 0 Å². The highest BCUT2D eigenvalue weighted by molar-refractivity contribution is 5.54. The van der Waals surface area contributed by atoms with Gasteiger partial charge < -0.3 is 40.1 Å². The zero-order valence-corrected chi connectivity index (χ0v) is 24.9. The van der Waals surface area contributed by atoms with E-state index in [2.05, 4.69) is 27.5 Å². The van der Waals surface area contributed by atoms with Crippen molar-refractivity contribution in [1.29, 1.82) is 0 Å². The Balaban J connectivity index is 1.98. The molecule has 11 nitrogen and oxygen atoms in total. The molecule has 0 aliphatic heterocycles. The summed E-state index contributed by atoms with van der Waals surface area (Å²) >= 11 is 0. The van der Waals surface area contributed by atoms with Crippen LogP contribution >= 0.6 is 0 Å². The second-order valence-electron chi connectivity index (χ2n) is 9.45. The molecule has 0 fully saturated rings. The van der Waals surface area contributed by atoms with Gasteiger partial charge in [0.05, 0.1) is 47.8 Å². The first-order valence-electron chi connectivity index (χ1n) is 14.5. The molecule has 1 aromatic carbocycles. The van der Waals surface area contributed by atoms with Gasteiger partial charge in [0.25, 0.3) is 0 Å². The fraction of sp³-hybridized carbons (Fsp3) is 0.690. The minimum atomic E-state index is 0.475. The fourth-order valence-electron chi connectivity index (χ4n) is 4.17. The van der Waals surface area contributed by atoms with Gasteiger partial charge in [0, 0.05) is 26.1 Å². The molecule has 1 heterocycles. The van der Waals surface area contributed by atoms with E-state index in [1.165, 1.54) is 44.9 Å². The number of nitrogens with zero attached hydrogens (tertiary/aromatic N) is 3. The lowest BCUT2D eigenvalue weighted by Crippen LogP contribution is -2.17. The lowest BCUT2D eigenvalue weighted by Gasteiger charge is -2.15. The van der Waals surface area contributed by atoms with E-state index in [1.807, 2.05) is 12.1 Å². The molecule has 1 aromatic heterocycles. The predicted octanol–water partition coefficient (Wildman–Crippen LogP) is 4.60. The van der Waals surface area contributed by atoms with Crippen molar-refractivity contribution >= 4 is 11.9 Å². The van der Waals surface area contributed by atoms with E-state index in [0.29, 0.717) is 75.2 Å². The minimum absolute atomic E-state index is 0.475. The molecule has 0 saturated heterocycles. The number of hydrogen-bond donors (Lipinski definition) is 3. The number of rotatable bonds is 24. The normalized spacial score (nSPS) is 10.9. The molecule has 0 spiro atoms. The number of benzene rings is 1. The van der Waals surface area contributed by atoms with E-state index in [-0.39, 0.29) is 0 Å². The van der Waals surface area contributed by atoms with Crippen LogP contribution in [0, 0.1) is 0 Å². The van der Waals surface area contributed by atoms with Crippen LogP contribution in [0.2, 0.25) is 0 Å². The molecule has 2 rings (SSSR count). The Morgan fingerprint density at radius 2 is 1.30 bits per heavy atom. The predicted molar refractivity (Wildman–Crippen MR) is 159 cm³/mol. The second-order valence-corrected chi connectivity index (χ2v) is 9.45. The summed E-state index contributed by atoms with van der Waals surface area (Å²) < 4.78 is 27.3. The molecule has 0 bridgehead atoms.